The molecule has 9 aromatic carbocycles. The molecule has 0 N–H and O–H groups in total. The summed E-state index contributed by atoms with van der Waals surface area (Å²) >= 11 is 0. The van der Waals surface area contributed by atoms with E-state index in [1.54, 1.807) is 0 Å². The van der Waals surface area contributed by atoms with Gasteiger partial charge in [-0.3, -0.25) is 0 Å². The molecule has 0 amide bonds. The van der Waals surface area contributed by atoms with E-state index in [2.05, 4.69) is 278 Å². The number of rotatable bonds is 12. The molecule has 0 fully saturated rings. The zero-order chi connectivity index (χ0) is 41.1. The Bertz CT molecular complexity index is 2540. The van der Waals surface area contributed by atoms with E-state index in [0.717, 1.165) is 33.8 Å². The van der Waals surface area contributed by atoms with E-state index in [9.17, 15) is 0 Å². The van der Waals surface area contributed by atoms with Gasteiger partial charge in [0.25, 0.3) is 0 Å². The minimum absolute atomic E-state index is 1.07. The van der Waals surface area contributed by atoms with Crippen molar-refractivity contribution >= 4 is 52.0 Å². The Hall–Kier alpha value is -8.00. The van der Waals surface area contributed by atoms with Crippen LogP contribution in [0.15, 0.2) is 255 Å². The highest BCUT2D eigenvalue weighted by Gasteiger charge is 2.16. The van der Waals surface area contributed by atoms with Gasteiger partial charge < -0.3 is 4.90 Å². The molecule has 1 heteroatoms. The van der Waals surface area contributed by atoms with E-state index in [0.29, 0.717) is 0 Å². The van der Waals surface area contributed by atoms with Crippen molar-refractivity contribution in [2.24, 2.45) is 0 Å². The molecule has 0 saturated carbocycles. The zero-order valence-corrected chi connectivity index (χ0v) is 33.9. The molecule has 0 saturated heterocycles. The largest absolute Gasteiger partial charge is 0.311 e. The summed E-state index contributed by atoms with van der Waals surface area (Å²) < 4.78 is 0. The summed E-state index contributed by atoms with van der Waals surface area (Å²) in [5.41, 5.74) is 17.2. The lowest BCUT2D eigenvalue weighted by molar-refractivity contribution is 1.28. The molecule has 9 aromatic rings. The Balaban J connectivity index is 1.13. The van der Waals surface area contributed by atoms with Crippen molar-refractivity contribution < 1.29 is 0 Å². The van der Waals surface area contributed by atoms with Crippen LogP contribution < -0.4 is 4.90 Å². The first-order chi connectivity index (χ1) is 30.2. The molecule has 9 rings (SSSR count). The predicted octanol–water partition coefficient (Wildman–Crippen LogP) is 15.9. The molecule has 0 atom stereocenters. The first kappa shape index (κ1) is 38.5. The lowest BCUT2D eigenvalue weighted by Gasteiger charge is -2.26. The third-order valence-corrected chi connectivity index (χ3v) is 10.9. The Morgan fingerprint density at radius 1 is 0.213 bits per heavy atom. The van der Waals surface area contributed by atoms with Crippen LogP contribution in [0.25, 0.3) is 34.9 Å². The summed E-state index contributed by atoms with van der Waals surface area (Å²) in [7, 11) is 0. The van der Waals surface area contributed by atoms with E-state index in [-0.39, 0.29) is 0 Å². The van der Waals surface area contributed by atoms with E-state index < -0.39 is 0 Å². The number of anilines is 3. The van der Waals surface area contributed by atoms with Crippen molar-refractivity contribution in [2.75, 3.05) is 4.90 Å². The Morgan fingerprint density at radius 3 is 0.639 bits per heavy atom. The smallest absolute Gasteiger partial charge is 0.0462 e. The fourth-order valence-electron chi connectivity index (χ4n) is 7.82. The Morgan fingerprint density at radius 2 is 0.410 bits per heavy atom. The molecule has 0 spiro atoms. The molecule has 0 unspecified atom stereocenters. The van der Waals surface area contributed by atoms with Gasteiger partial charge in [0, 0.05) is 17.1 Å². The Labute approximate surface area is 360 Å². The predicted molar refractivity (Wildman–Crippen MR) is 261 cm³/mol. The monoisotopic (exact) mass is 779 g/mol. The van der Waals surface area contributed by atoms with Crippen LogP contribution in [0.1, 0.15) is 50.1 Å². The van der Waals surface area contributed by atoms with Crippen molar-refractivity contribution in [1.29, 1.82) is 0 Å². The minimum atomic E-state index is 1.07. The first-order valence-corrected chi connectivity index (χ1v) is 20.8. The lowest BCUT2D eigenvalue weighted by atomic mass is 9.94. The highest BCUT2D eigenvalue weighted by Crippen LogP contribution is 2.39. The number of hydrogen-bond acceptors (Lipinski definition) is 1. The Kier molecular flexibility index (Phi) is 11.8. The van der Waals surface area contributed by atoms with Gasteiger partial charge in [-0.2, -0.15) is 0 Å². The van der Waals surface area contributed by atoms with E-state index in [1.807, 2.05) is 0 Å². The van der Waals surface area contributed by atoms with Gasteiger partial charge in [-0.05, 0) is 121 Å². The SMILES string of the molecule is C(=C(\c1ccccc1)c1ccc(N(c2ccc(/C(=C\c3ccccc3)c3ccccc3)cc2)c2ccc(/C(=C/c3ccccc3)c3ccccc3)cc2)cc1)/c1ccccc1. The molecule has 0 aliphatic rings. The minimum Gasteiger partial charge on any atom is -0.311 e. The summed E-state index contributed by atoms with van der Waals surface area (Å²) in [6, 6.07) is 90.6. The van der Waals surface area contributed by atoms with Crippen LogP contribution >= 0.6 is 0 Å². The third-order valence-electron chi connectivity index (χ3n) is 10.9. The van der Waals surface area contributed by atoms with Gasteiger partial charge in [-0.25, -0.2) is 0 Å². The normalized spacial score (nSPS) is 11.9. The van der Waals surface area contributed by atoms with Crippen LogP contribution in [-0.4, -0.2) is 0 Å². The second kappa shape index (κ2) is 18.7. The van der Waals surface area contributed by atoms with Crippen molar-refractivity contribution in [3.8, 4) is 0 Å². The molecule has 0 heterocycles. The number of hydrogen-bond donors (Lipinski definition) is 0. The molecule has 0 bridgehead atoms. The maximum atomic E-state index is 2.35. The van der Waals surface area contributed by atoms with Crippen molar-refractivity contribution in [3.63, 3.8) is 0 Å². The lowest BCUT2D eigenvalue weighted by Crippen LogP contribution is -2.10. The number of benzene rings is 9. The summed E-state index contributed by atoms with van der Waals surface area (Å²) in [4.78, 5) is 2.35. The van der Waals surface area contributed by atoms with E-state index in [1.165, 1.54) is 50.1 Å². The zero-order valence-electron chi connectivity index (χ0n) is 33.9. The maximum Gasteiger partial charge on any atom is 0.0462 e. The molecule has 0 aromatic heterocycles. The van der Waals surface area contributed by atoms with Gasteiger partial charge in [0.2, 0.25) is 0 Å². The fraction of sp³-hybridized carbons (Fsp3) is 0. The fourth-order valence-corrected chi connectivity index (χ4v) is 7.82. The molecule has 290 valence electrons. The summed E-state index contributed by atoms with van der Waals surface area (Å²) in [5.74, 6) is 0. The molecular formula is C60H45N. The van der Waals surface area contributed by atoms with Crippen LogP contribution in [0.4, 0.5) is 17.1 Å². The van der Waals surface area contributed by atoms with E-state index in [4.69, 9.17) is 0 Å². The maximum absolute atomic E-state index is 2.35. The van der Waals surface area contributed by atoms with Gasteiger partial charge in [0.05, 0.1) is 0 Å². The van der Waals surface area contributed by atoms with Crippen LogP contribution in [0.3, 0.4) is 0 Å². The average Bonchev–Trinajstić information content (AvgIpc) is 3.34. The summed E-state index contributed by atoms with van der Waals surface area (Å²) in [5, 5.41) is 0. The second-order valence-electron chi connectivity index (χ2n) is 15.0. The highest BCUT2D eigenvalue weighted by atomic mass is 15.1. The standard InChI is InChI=1S/C60H45N/c1-7-19-46(20-8-1)43-58(49-25-13-4-14-26-49)52-31-37-55(38-32-52)61(56-39-33-53(34-40-56)59(50-27-15-5-16-28-50)44-47-21-9-2-10-22-47)57-41-35-54(36-42-57)60(51-29-17-6-18-30-51)45-48-23-11-3-12-24-48/h1-45H/b58-43-,59-44-,60-45+. The van der Waals surface area contributed by atoms with Crippen LogP contribution in [0.5, 0.6) is 0 Å². The molecule has 1 nitrogen and oxygen atoms in total. The third kappa shape index (κ3) is 9.34. The summed E-state index contributed by atoms with van der Waals surface area (Å²) in [6.45, 7) is 0. The first-order valence-electron chi connectivity index (χ1n) is 20.8. The van der Waals surface area contributed by atoms with Gasteiger partial charge >= 0.3 is 0 Å². The summed E-state index contributed by atoms with van der Waals surface area (Å²) in [6.07, 6.45) is 6.83. The molecular weight excluding hydrogens is 735 g/mol. The highest BCUT2D eigenvalue weighted by molar-refractivity contribution is 5.95. The van der Waals surface area contributed by atoms with Gasteiger partial charge in [0.1, 0.15) is 0 Å². The van der Waals surface area contributed by atoms with Gasteiger partial charge in [0.15, 0.2) is 0 Å². The van der Waals surface area contributed by atoms with Crippen LogP contribution in [0, 0.1) is 0 Å². The number of nitrogens with zero attached hydrogens (tertiary/aromatic N) is 1. The van der Waals surface area contributed by atoms with Gasteiger partial charge in [-0.1, -0.05) is 218 Å². The quantitative estimate of drug-likeness (QED) is 0.112. The van der Waals surface area contributed by atoms with Crippen molar-refractivity contribution in [3.05, 3.63) is 305 Å². The molecule has 61 heavy (non-hydrogen) atoms. The average molecular weight is 780 g/mol. The van der Waals surface area contributed by atoms with Crippen LogP contribution in [0.2, 0.25) is 0 Å². The molecule has 0 radical (unpaired) electrons. The van der Waals surface area contributed by atoms with E-state index >= 15 is 0 Å². The molecule has 0 aliphatic heterocycles. The van der Waals surface area contributed by atoms with Crippen molar-refractivity contribution in [1.82, 2.24) is 0 Å². The van der Waals surface area contributed by atoms with Crippen LogP contribution in [-0.2, 0) is 0 Å². The molecule has 0 aliphatic carbocycles. The topological polar surface area (TPSA) is 3.24 Å². The van der Waals surface area contributed by atoms with Gasteiger partial charge in [-0.15, -0.1) is 0 Å². The van der Waals surface area contributed by atoms with Crippen molar-refractivity contribution in [2.45, 2.75) is 0 Å². The second-order valence-corrected chi connectivity index (χ2v) is 15.0.